The van der Waals surface area contributed by atoms with Gasteiger partial charge in [-0.2, -0.15) is 0 Å². The maximum absolute atomic E-state index is 12.7. The molecule has 0 fully saturated rings. The Hall–Kier alpha value is -2.18. The van der Waals surface area contributed by atoms with Crippen molar-refractivity contribution in [3.05, 3.63) is 57.8 Å². The smallest absolute Gasteiger partial charge is 0.262 e. The molecule has 0 bridgehead atoms. The predicted molar refractivity (Wildman–Crippen MR) is 109 cm³/mol. The molecule has 0 aliphatic heterocycles. The van der Waals surface area contributed by atoms with Crippen LogP contribution in [0.2, 0.25) is 0 Å². The van der Waals surface area contributed by atoms with Crippen molar-refractivity contribution in [3.8, 4) is 0 Å². The highest BCUT2D eigenvalue weighted by atomic mass is 32.1. The van der Waals surface area contributed by atoms with Gasteiger partial charge in [0.15, 0.2) is 0 Å². The van der Waals surface area contributed by atoms with Gasteiger partial charge in [-0.1, -0.05) is 44.2 Å². The Balaban J connectivity index is 1.99. The van der Waals surface area contributed by atoms with Crippen molar-refractivity contribution < 1.29 is 14.3 Å². The van der Waals surface area contributed by atoms with Gasteiger partial charge in [-0.25, -0.2) is 0 Å². The van der Waals surface area contributed by atoms with Crippen LogP contribution < -0.4 is 10.6 Å². The monoisotopic (exact) mass is 388 g/mol. The van der Waals surface area contributed by atoms with Gasteiger partial charge >= 0.3 is 0 Å². The minimum Gasteiger partial charge on any atom is -0.374 e. The normalized spacial score (nSPS) is 12.2. The molecule has 2 rings (SSSR count). The van der Waals surface area contributed by atoms with E-state index in [0.717, 1.165) is 11.1 Å². The summed E-state index contributed by atoms with van der Waals surface area (Å²) < 4.78 is 5.69. The molecule has 2 N–H and O–H groups in total. The average Bonchev–Trinajstić information content (AvgIpc) is 3.17. The summed E-state index contributed by atoms with van der Waals surface area (Å²) in [6.07, 6.45) is 0.144. The fraction of sp³-hybridized carbons (Fsp3) is 0.429. The van der Waals surface area contributed by atoms with Crippen molar-refractivity contribution in [1.82, 2.24) is 10.6 Å². The van der Waals surface area contributed by atoms with E-state index < -0.39 is 6.04 Å². The number of benzene rings is 1. The number of hydrogen-bond donors (Lipinski definition) is 2. The zero-order chi connectivity index (χ0) is 19.8. The number of carbonyl (C=O) groups excluding carboxylic acids is 2. The molecule has 146 valence electrons. The second kappa shape index (κ2) is 10.2. The zero-order valence-electron chi connectivity index (χ0n) is 16.3. The molecular formula is C21H28N2O3S. The Morgan fingerprint density at radius 3 is 2.33 bits per heavy atom. The standard InChI is InChI=1S/C21H28N2O3S/c1-14(2)19(23-20(24)18-10-7-11-27-18)21(25)22-12-16-8-5-6-9-17(16)13-26-15(3)4/h5-11,14-15,19H,12-13H2,1-4H3,(H,22,25)(H,23,24). The lowest BCUT2D eigenvalue weighted by atomic mass is 10.0. The molecule has 0 aliphatic rings. The summed E-state index contributed by atoms with van der Waals surface area (Å²) in [6, 6.07) is 10.9. The molecule has 2 aromatic rings. The third-order valence-electron chi connectivity index (χ3n) is 4.12. The highest BCUT2D eigenvalue weighted by Crippen LogP contribution is 2.13. The number of nitrogens with one attached hydrogen (secondary N) is 2. The van der Waals surface area contributed by atoms with Gasteiger partial charge in [0, 0.05) is 6.54 Å². The summed E-state index contributed by atoms with van der Waals surface area (Å²) in [5.41, 5.74) is 2.06. The van der Waals surface area contributed by atoms with E-state index in [9.17, 15) is 9.59 Å². The quantitative estimate of drug-likeness (QED) is 0.688. The van der Waals surface area contributed by atoms with Gasteiger partial charge in [-0.15, -0.1) is 11.3 Å². The first-order valence-corrected chi connectivity index (χ1v) is 10.1. The van der Waals surface area contributed by atoms with Gasteiger partial charge < -0.3 is 15.4 Å². The van der Waals surface area contributed by atoms with Crippen molar-refractivity contribution >= 4 is 23.2 Å². The van der Waals surface area contributed by atoms with Crippen LogP contribution in [0.1, 0.15) is 48.5 Å². The summed E-state index contributed by atoms with van der Waals surface area (Å²) in [5, 5.41) is 7.64. The summed E-state index contributed by atoms with van der Waals surface area (Å²) >= 11 is 1.36. The predicted octanol–water partition coefficient (Wildman–Crippen LogP) is 3.74. The summed E-state index contributed by atoms with van der Waals surface area (Å²) in [5.74, 6) is -0.424. The van der Waals surface area contributed by atoms with Crippen LogP contribution in [-0.4, -0.2) is 24.0 Å². The number of ether oxygens (including phenoxy) is 1. The maximum Gasteiger partial charge on any atom is 0.262 e. The lowest BCUT2D eigenvalue weighted by Crippen LogP contribution is -2.49. The molecule has 27 heavy (non-hydrogen) atoms. The van der Waals surface area contributed by atoms with Crippen LogP contribution in [0.5, 0.6) is 0 Å². The number of amides is 2. The van der Waals surface area contributed by atoms with E-state index >= 15 is 0 Å². The number of rotatable bonds is 9. The van der Waals surface area contributed by atoms with Gasteiger partial charge in [-0.3, -0.25) is 9.59 Å². The van der Waals surface area contributed by atoms with Crippen molar-refractivity contribution in [1.29, 1.82) is 0 Å². The molecule has 1 aromatic heterocycles. The molecule has 5 nitrogen and oxygen atoms in total. The molecule has 0 radical (unpaired) electrons. The van der Waals surface area contributed by atoms with Crippen molar-refractivity contribution in [2.75, 3.05) is 0 Å². The Kier molecular flexibility index (Phi) is 8.00. The van der Waals surface area contributed by atoms with E-state index in [1.807, 2.05) is 63.4 Å². The molecule has 0 saturated carbocycles. The van der Waals surface area contributed by atoms with E-state index in [1.165, 1.54) is 11.3 Å². The largest absolute Gasteiger partial charge is 0.374 e. The number of carbonyl (C=O) groups is 2. The van der Waals surface area contributed by atoms with Gasteiger partial charge in [0.05, 0.1) is 17.6 Å². The zero-order valence-corrected chi connectivity index (χ0v) is 17.1. The molecular weight excluding hydrogens is 360 g/mol. The third kappa shape index (κ3) is 6.48. The van der Waals surface area contributed by atoms with Crippen LogP contribution in [0.15, 0.2) is 41.8 Å². The summed E-state index contributed by atoms with van der Waals surface area (Å²) in [6.45, 7) is 8.73. The Morgan fingerprint density at radius 2 is 1.74 bits per heavy atom. The highest BCUT2D eigenvalue weighted by Gasteiger charge is 2.25. The van der Waals surface area contributed by atoms with Crippen LogP contribution >= 0.6 is 11.3 Å². The van der Waals surface area contributed by atoms with E-state index in [1.54, 1.807) is 6.07 Å². The minimum atomic E-state index is -0.585. The first-order valence-electron chi connectivity index (χ1n) is 9.19. The molecule has 1 aromatic carbocycles. The number of thiophene rings is 1. The lowest BCUT2D eigenvalue weighted by molar-refractivity contribution is -0.124. The van der Waals surface area contributed by atoms with Gasteiger partial charge in [0.2, 0.25) is 5.91 Å². The van der Waals surface area contributed by atoms with Gasteiger partial charge in [-0.05, 0) is 42.3 Å². The fourth-order valence-corrected chi connectivity index (χ4v) is 3.20. The second-order valence-electron chi connectivity index (χ2n) is 7.02. The minimum absolute atomic E-state index is 0.0200. The SMILES string of the molecule is CC(C)OCc1ccccc1CNC(=O)C(NC(=O)c1cccs1)C(C)C. The molecule has 0 saturated heterocycles. The second-order valence-corrected chi connectivity index (χ2v) is 7.97. The van der Waals surface area contributed by atoms with Crippen LogP contribution in [0.3, 0.4) is 0 Å². The van der Waals surface area contributed by atoms with Crippen molar-refractivity contribution in [3.63, 3.8) is 0 Å². The van der Waals surface area contributed by atoms with E-state index in [0.29, 0.717) is 18.0 Å². The lowest BCUT2D eigenvalue weighted by Gasteiger charge is -2.22. The molecule has 1 atom stereocenters. The Labute approximate surface area is 165 Å². The Bertz CT molecular complexity index is 742. The Morgan fingerprint density at radius 1 is 1.04 bits per heavy atom. The number of hydrogen-bond acceptors (Lipinski definition) is 4. The molecule has 1 heterocycles. The molecule has 2 amide bonds. The molecule has 0 spiro atoms. The van der Waals surface area contributed by atoms with Crippen LogP contribution in [0.25, 0.3) is 0 Å². The molecule has 6 heteroatoms. The summed E-state index contributed by atoms with van der Waals surface area (Å²) in [7, 11) is 0. The first kappa shape index (κ1) is 21.1. The van der Waals surface area contributed by atoms with Crippen LogP contribution in [0, 0.1) is 5.92 Å². The fourth-order valence-electron chi connectivity index (χ4n) is 2.57. The third-order valence-corrected chi connectivity index (χ3v) is 4.99. The van der Waals surface area contributed by atoms with E-state index in [-0.39, 0.29) is 23.8 Å². The van der Waals surface area contributed by atoms with Crippen molar-refractivity contribution in [2.45, 2.75) is 53.0 Å². The molecule has 0 aliphatic carbocycles. The van der Waals surface area contributed by atoms with E-state index in [2.05, 4.69) is 10.6 Å². The summed E-state index contributed by atoms with van der Waals surface area (Å²) in [4.78, 5) is 25.6. The highest BCUT2D eigenvalue weighted by molar-refractivity contribution is 7.12. The maximum atomic E-state index is 12.7. The first-order chi connectivity index (χ1) is 12.9. The molecule has 1 unspecified atom stereocenters. The average molecular weight is 389 g/mol. The van der Waals surface area contributed by atoms with Crippen molar-refractivity contribution in [2.24, 2.45) is 5.92 Å². The van der Waals surface area contributed by atoms with Gasteiger partial charge in [0.1, 0.15) is 6.04 Å². The van der Waals surface area contributed by atoms with Crippen LogP contribution in [0.4, 0.5) is 0 Å². The van der Waals surface area contributed by atoms with E-state index in [4.69, 9.17) is 4.74 Å². The van der Waals surface area contributed by atoms with Gasteiger partial charge in [0.25, 0.3) is 5.91 Å². The van der Waals surface area contributed by atoms with Crippen LogP contribution in [-0.2, 0) is 22.7 Å². The topological polar surface area (TPSA) is 67.4 Å².